The van der Waals surface area contributed by atoms with Gasteiger partial charge in [-0.05, 0) is 55.2 Å². The first-order chi connectivity index (χ1) is 13.4. The number of carbonyl (C=O) groups excluding carboxylic acids is 1. The van der Waals surface area contributed by atoms with Gasteiger partial charge < -0.3 is 9.64 Å². The van der Waals surface area contributed by atoms with Crippen LogP contribution in [0.5, 0.6) is 5.75 Å². The quantitative estimate of drug-likeness (QED) is 0.752. The van der Waals surface area contributed by atoms with Crippen molar-refractivity contribution >= 4 is 5.91 Å². The van der Waals surface area contributed by atoms with E-state index in [2.05, 4.69) is 56.9 Å². The standard InChI is InChI=1S/C24H32N2O2/c1-17(2)21-8-6-7-9-22(21)23-16-25(14-15-26(23)18(3)4)24(27)19-10-12-20(28-5)13-11-19/h6-13,17-18,23H,14-16H2,1-5H3. The van der Waals surface area contributed by atoms with Gasteiger partial charge in [0.2, 0.25) is 0 Å². The van der Waals surface area contributed by atoms with E-state index in [0.717, 1.165) is 24.4 Å². The topological polar surface area (TPSA) is 32.8 Å². The lowest BCUT2D eigenvalue weighted by atomic mass is 9.90. The second-order valence-electron chi connectivity index (χ2n) is 8.11. The second kappa shape index (κ2) is 8.78. The fourth-order valence-electron chi connectivity index (χ4n) is 4.13. The molecule has 1 heterocycles. The third kappa shape index (κ3) is 4.22. The van der Waals surface area contributed by atoms with Crippen LogP contribution in [0.3, 0.4) is 0 Å². The number of nitrogens with zero attached hydrogens (tertiary/aromatic N) is 2. The molecule has 0 aliphatic carbocycles. The lowest BCUT2D eigenvalue weighted by Gasteiger charge is -2.44. The first-order valence-corrected chi connectivity index (χ1v) is 10.2. The molecule has 28 heavy (non-hydrogen) atoms. The van der Waals surface area contributed by atoms with E-state index < -0.39 is 0 Å². The molecule has 1 unspecified atom stereocenters. The molecule has 1 saturated heterocycles. The van der Waals surface area contributed by atoms with Crippen LogP contribution in [0.1, 0.15) is 61.1 Å². The fraction of sp³-hybridized carbons (Fsp3) is 0.458. The summed E-state index contributed by atoms with van der Waals surface area (Å²) >= 11 is 0. The van der Waals surface area contributed by atoms with Gasteiger partial charge in [-0.15, -0.1) is 0 Å². The van der Waals surface area contributed by atoms with Crippen LogP contribution >= 0.6 is 0 Å². The fourth-order valence-corrected chi connectivity index (χ4v) is 4.13. The number of hydrogen-bond donors (Lipinski definition) is 0. The summed E-state index contributed by atoms with van der Waals surface area (Å²) in [7, 11) is 1.64. The molecule has 150 valence electrons. The number of hydrogen-bond acceptors (Lipinski definition) is 3. The van der Waals surface area contributed by atoms with Crippen molar-refractivity contribution in [2.45, 2.75) is 45.7 Å². The van der Waals surface area contributed by atoms with Crippen molar-refractivity contribution in [2.75, 3.05) is 26.7 Å². The SMILES string of the molecule is COc1ccc(C(=O)N2CCN(C(C)C)C(c3ccccc3C(C)C)C2)cc1. The molecule has 1 atom stereocenters. The molecule has 2 aromatic carbocycles. The summed E-state index contributed by atoms with van der Waals surface area (Å²) in [6, 6.07) is 16.7. The monoisotopic (exact) mass is 380 g/mol. The molecule has 0 spiro atoms. The Kier molecular flexibility index (Phi) is 6.40. The molecule has 0 aromatic heterocycles. The van der Waals surface area contributed by atoms with Crippen LogP contribution in [-0.4, -0.2) is 48.5 Å². The average Bonchev–Trinajstić information content (AvgIpc) is 2.72. The molecule has 0 radical (unpaired) electrons. The van der Waals surface area contributed by atoms with Crippen LogP contribution in [0.25, 0.3) is 0 Å². The van der Waals surface area contributed by atoms with Crippen LogP contribution in [0.4, 0.5) is 0 Å². The lowest BCUT2D eigenvalue weighted by Crippen LogP contribution is -2.52. The average molecular weight is 381 g/mol. The maximum Gasteiger partial charge on any atom is 0.253 e. The van der Waals surface area contributed by atoms with E-state index in [-0.39, 0.29) is 11.9 Å². The first kappa shape index (κ1) is 20.4. The molecule has 1 fully saturated rings. The summed E-state index contributed by atoms with van der Waals surface area (Å²) in [5.74, 6) is 1.32. The highest BCUT2D eigenvalue weighted by atomic mass is 16.5. The van der Waals surface area contributed by atoms with Gasteiger partial charge in [-0.1, -0.05) is 38.1 Å². The largest absolute Gasteiger partial charge is 0.497 e. The van der Waals surface area contributed by atoms with E-state index >= 15 is 0 Å². The Bertz CT molecular complexity index is 799. The summed E-state index contributed by atoms with van der Waals surface area (Å²) in [6.07, 6.45) is 0. The van der Waals surface area contributed by atoms with Gasteiger partial charge in [0.15, 0.2) is 0 Å². The van der Waals surface area contributed by atoms with Crippen LogP contribution in [-0.2, 0) is 0 Å². The number of benzene rings is 2. The highest BCUT2D eigenvalue weighted by Gasteiger charge is 2.33. The van der Waals surface area contributed by atoms with Crippen LogP contribution in [0.2, 0.25) is 0 Å². The Labute approximate surface area is 169 Å². The third-order valence-corrected chi connectivity index (χ3v) is 5.69. The molecule has 0 N–H and O–H groups in total. The van der Waals surface area contributed by atoms with Gasteiger partial charge in [-0.3, -0.25) is 9.69 Å². The minimum Gasteiger partial charge on any atom is -0.497 e. The third-order valence-electron chi connectivity index (χ3n) is 5.69. The van der Waals surface area contributed by atoms with E-state index in [1.54, 1.807) is 7.11 Å². The molecular formula is C24H32N2O2. The number of carbonyl (C=O) groups is 1. The lowest BCUT2D eigenvalue weighted by molar-refractivity contribution is 0.0374. The molecule has 2 aromatic rings. The maximum absolute atomic E-state index is 13.1. The van der Waals surface area contributed by atoms with E-state index in [1.165, 1.54) is 11.1 Å². The van der Waals surface area contributed by atoms with Crippen LogP contribution in [0, 0.1) is 0 Å². The highest BCUT2D eigenvalue weighted by molar-refractivity contribution is 5.94. The molecule has 1 amide bonds. The molecule has 0 saturated carbocycles. The summed E-state index contributed by atoms with van der Waals surface area (Å²) < 4.78 is 5.21. The molecule has 1 aliphatic rings. The predicted molar refractivity (Wildman–Crippen MR) is 114 cm³/mol. The minimum atomic E-state index is 0.0955. The Morgan fingerprint density at radius 1 is 1.00 bits per heavy atom. The van der Waals surface area contributed by atoms with Gasteiger partial charge in [-0.25, -0.2) is 0 Å². The Morgan fingerprint density at radius 2 is 1.68 bits per heavy atom. The Balaban J connectivity index is 1.88. The normalized spacial score (nSPS) is 18.0. The van der Waals surface area contributed by atoms with Gasteiger partial charge in [-0.2, -0.15) is 0 Å². The Morgan fingerprint density at radius 3 is 2.29 bits per heavy atom. The molecule has 4 nitrogen and oxygen atoms in total. The van der Waals surface area contributed by atoms with Gasteiger partial charge in [0, 0.05) is 31.2 Å². The van der Waals surface area contributed by atoms with Crippen LogP contribution < -0.4 is 4.74 Å². The van der Waals surface area contributed by atoms with Gasteiger partial charge >= 0.3 is 0 Å². The molecule has 0 bridgehead atoms. The second-order valence-corrected chi connectivity index (χ2v) is 8.11. The van der Waals surface area contributed by atoms with E-state index in [9.17, 15) is 4.79 Å². The maximum atomic E-state index is 13.1. The highest BCUT2D eigenvalue weighted by Crippen LogP contribution is 2.33. The smallest absolute Gasteiger partial charge is 0.253 e. The van der Waals surface area contributed by atoms with Crippen molar-refractivity contribution in [1.82, 2.24) is 9.80 Å². The molecule has 4 heteroatoms. The van der Waals surface area contributed by atoms with E-state index in [4.69, 9.17) is 4.74 Å². The zero-order chi connectivity index (χ0) is 20.3. The zero-order valence-electron chi connectivity index (χ0n) is 17.7. The Hall–Kier alpha value is -2.33. The summed E-state index contributed by atoms with van der Waals surface area (Å²) in [5.41, 5.74) is 3.44. The summed E-state index contributed by atoms with van der Waals surface area (Å²) in [6.45, 7) is 11.3. The molecule has 3 rings (SSSR count). The van der Waals surface area contributed by atoms with Crippen LogP contribution in [0.15, 0.2) is 48.5 Å². The van der Waals surface area contributed by atoms with Crippen molar-refractivity contribution in [3.63, 3.8) is 0 Å². The minimum absolute atomic E-state index is 0.0955. The van der Waals surface area contributed by atoms with Gasteiger partial charge in [0.1, 0.15) is 5.75 Å². The molecule has 1 aliphatic heterocycles. The number of piperazine rings is 1. The summed E-state index contributed by atoms with van der Waals surface area (Å²) in [4.78, 5) is 17.7. The summed E-state index contributed by atoms with van der Waals surface area (Å²) in [5, 5.41) is 0. The number of rotatable bonds is 5. The van der Waals surface area contributed by atoms with Crippen molar-refractivity contribution in [2.24, 2.45) is 0 Å². The number of amides is 1. The number of ether oxygens (including phenoxy) is 1. The first-order valence-electron chi connectivity index (χ1n) is 10.2. The van der Waals surface area contributed by atoms with E-state index in [0.29, 0.717) is 18.5 Å². The van der Waals surface area contributed by atoms with Crippen molar-refractivity contribution < 1.29 is 9.53 Å². The van der Waals surface area contributed by atoms with Gasteiger partial charge in [0.05, 0.1) is 13.2 Å². The van der Waals surface area contributed by atoms with Crippen molar-refractivity contribution in [1.29, 1.82) is 0 Å². The molecular weight excluding hydrogens is 348 g/mol. The number of methoxy groups -OCH3 is 1. The van der Waals surface area contributed by atoms with Crippen molar-refractivity contribution in [3.05, 3.63) is 65.2 Å². The van der Waals surface area contributed by atoms with Crippen molar-refractivity contribution in [3.8, 4) is 5.75 Å². The predicted octanol–water partition coefficient (Wildman–Crippen LogP) is 4.73. The van der Waals surface area contributed by atoms with E-state index in [1.807, 2.05) is 29.2 Å². The zero-order valence-corrected chi connectivity index (χ0v) is 17.7. The van der Waals surface area contributed by atoms with Gasteiger partial charge in [0.25, 0.3) is 5.91 Å².